The Morgan fingerprint density at radius 1 is 1.19 bits per heavy atom. The van der Waals surface area contributed by atoms with Crippen molar-refractivity contribution in [1.29, 1.82) is 0 Å². The van der Waals surface area contributed by atoms with Crippen molar-refractivity contribution in [3.63, 3.8) is 0 Å². The van der Waals surface area contributed by atoms with E-state index in [9.17, 15) is 0 Å². The van der Waals surface area contributed by atoms with Gasteiger partial charge in [0.1, 0.15) is 6.61 Å². The quantitative estimate of drug-likeness (QED) is 0.671. The summed E-state index contributed by atoms with van der Waals surface area (Å²) in [4.78, 5) is 8.14. The molecule has 0 aliphatic carbocycles. The van der Waals surface area contributed by atoms with Gasteiger partial charge in [-0.25, -0.2) is 4.98 Å². The summed E-state index contributed by atoms with van der Waals surface area (Å²) in [5.74, 6) is 0.510. The van der Waals surface area contributed by atoms with Gasteiger partial charge in [-0.2, -0.15) is 0 Å². The molecule has 0 aliphatic heterocycles. The molecule has 0 amide bonds. The Morgan fingerprint density at radius 2 is 2.06 bits per heavy atom. The molecule has 5 nitrogen and oxygen atoms in total. The molecule has 2 N–H and O–H groups in total. The molecular weight excluding hydrogens is 206 g/mol. The fourth-order valence-corrected chi connectivity index (χ4v) is 1.08. The Bertz CT molecular complexity index is 277. The van der Waals surface area contributed by atoms with Crippen LogP contribution >= 0.6 is 0 Å². The molecule has 0 bridgehead atoms. The second-order valence-electron chi connectivity index (χ2n) is 3.36. The zero-order valence-corrected chi connectivity index (χ0v) is 9.69. The molecule has 1 rings (SSSR count). The summed E-state index contributed by atoms with van der Waals surface area (Å²) >= 11 is 0. The Hall–Kier alpha value is -1.20. The SMILES string of the molecule is CCCCOCCOc1cnc(CN)cn1. The molecule has 16 heavy (non-hydrogen) atoms. The van der Waals surface area contributed by atoms with Gasteiger partial charge in [-0.05, 0) is 6.42 Å². The third-order valence-corrected chi connectivity index (χ3v) is 2.01. The van der Waals surface area contributed by atoms with E-state index >= 15 is 0 Å². The first-order chi connectivity index (χ1) is 7.86. The Labute approximate surface area is 96.0 Å². The molecule has 5 heteroatoms. The number of hydrogen-bond acceptors (Lipinski definition) is 5. The molecular formula is C11H19N3O2. The van der Waals surface area contributed by atoms with Gasteiger partial charge in [-0.3, -0.25) is 4.98 Å². The zero-order chi connectivity index (χ0) is 11.6. The molecule has 0 unspecified atom stereocenters. The van der Waals surface area contributed by atoms with Crippen LogP contribution in [0.1, 0.15) is 25.5 Å². The van der Waals surface area contributed by atoms with Crippen molar-refractivity contribution in [2.45, 2.75) is 26.3 Å². The van der Waals surface area contributed by atoms with Crippen LogP contribution in [-0.2, 0) is 11.3 Å². The molecule has 0 radical (unpaired) electrons. The summed E-state index contributed by atoms with van der Waals surface area (Å²) in [5.41, 5.74) is 6.16. The molecule has 90 valence electrons. The predicted octanol–water partition coefficient (Wildman–Crippen LogP) is 1.13. The normalized spacial score (nSPS) is 10.4. The molecule has 0 saturated heterocycles. The highest BCUT2D eigenvalue weighted by molar-refractivity contribution is 5.06. The number of nitrogens with zero attached hydrogens (tertiary/aromatic N) is 2. The smallest absolute Gasteiger partial charge is 0.232 e. The van der Waals surface area contributed by atoms with Gasteiger partial charge in [0.05, 0.1) is 24.7 Å². The summed E-state index contributed by atoms with van der Waals surface area (Å²) in [6.07, 6.45) is 5.43. The highest BCUT2D eigenvalue weighted by atomic mass is 16.5. The third kappa shape index (κ3) is 5.04. The number of rotatable bonds is 8. The van der Waals surface area contributed by atoms with Crippen molar-refractivity contribution < 1.29 is 9.47 Å². The standard InChI is InChI=1S/C11H19N3O2/c1-2-3-4-15-5-6-16-11-9-13-10(7-12)8-14-11/h8-9H,2-7,12H2,1H3. The van der Waals surface area contributed by atoms with Gasteiger partial charge in [0.25, 0.3) is 0 Å². The predicted molar refractivity (Wildman–Crippen MR) is 61.1 cm³/mol. The van der Waals surface area contributed by atoms with Crippen molar-refractivity contribution in [1.82, 2.24) is 9.97 Å². The van der Waals surface area contributed by atoms with Gasteiger partial charge in [-0.1, -0.05) is 13.3 Å². The van der Waals surface area contributed by atoms with Gasteiger partial charge in [0.15, 0.2) is 0 Å². The van der Waals surface area contributed by atoms with E-state index in [4.69, 9.17) is 15.2 Å². The molecule has 0 fully saturated rings. The van der Waals surface area contributed by atoms with Crippen molar-refractivity contribution in [3.05, 3.63) is 18.1 Å². The van der Waals surface area contributed by atoms with Crippen molar-refractivity contribution in [2.24, 2.45) is 5.73 Å². The van der Waals surface area contributed by atoms with Crippen molar-refractivity contribution in [3.8, 4) is 5.88 Å². The summed E-state index contributed by atoms with van der Waals surface area (Å²) in [5, 5.41) is 0. The topological polar surface area (TPSA) is 70.3 Å². The molecule has 0 spiro atoms. The van der Waals surface area contributed by atoms with E-state index in [1.807, 2.05) is 0 Å². The van der Waals surface area contributed by atoms with Crippen LogP contribution in [0.25, 0.3) is 0 Å². The van der Waals surface area contributed by atoms with E-state index in [1.165, 1.54) is 0 Å². The van der Waals surface area contributed by atoms with E-state index in [-0.39, 0.29) is 0 Å². The largest absolute Gasteiger partial charge is 0.474 e. The van der Waals surface area contributed by atoms with Crippen LogP contribution in [-0.4, -0.2) is 29.8 Å². The fraction of sp³-hybridized carbons (Fsp3) is 0.636. The zero-order valence-electron chi connectivity index (χ0n) is 9.69. The van der Waals surface area contributed by atoms with Crippen molar-refractivity contribution >= 4 is 0 Å². The van der Waals surface area contributed by atoms with E-state index in [0.717, 1.165) is 25.1 Å². The van der Waals surface area contributed by atoms with E-state index in [1.54, 1.807) is 12.4 Å². The second-order valence-corrected chi connectivity index (χ2v) is 3.36. The molecule has 0 atom stereocenters. The maximum atomic E-state index is 5.40. The Kier molecular flexibility index (Phi) is 6.44. The minimum Gasteiger partial charge on any atom is -0.474 e. The molecule has 0 aromatic carbocycles. The van der Waals surface area contributed by atoms with Gasteiger partial charge in [0.2, 0.25) is 5.88 Å². The highest BCUT2D eigenvalue weighted by Crippen LogP contribution is 2.03. The number of hydrogen-bond donors (Lipinski definition) is 1. The van der Waals surface area contributed by atoms with Gasteiger partial charge in [0, 0.05) is 13.2 Å². The number of unbranched alkanes of at least 4 members (excludes halogenated alkanes) is 1. The van der Waals surface area contributed by atoms with Crippen LogP contribution < -0.4 is 10.5 Å². The van der Waals surface area contributed by atoms with E-state index in [0.29, 0.717) is 25.6 Å². The fourth-order valence-electron chi connectivity index (χ4n) is 1.08. The van der Waals surface area contributed by atoms with Crippen LogP contribution in [0.5, 0.6) is 5.88 Å². The van der Waals surface area contributed by atoms with Crippen LogP contribution in [0.15, 0.2) is 12.4 Å². The minimum absolute atomic E-state index is 0.396. The van der Waals surface area contributed by atoms with Crippen LogP contribution in [0.3, 0.4) is 0 Å². The summed E-state index contributed by atoms with van der Waals surface area (Å²) in [6, 6.07) is 0. The Balaban J connectivity index is 2.12. The third-order valence-electron chi connectivity index (χ3n) is 2.01. The highest BCUT2D eigenvalue weighted by Gasteiger charge is 1.96. The summed E-state index contributed by atoms with van der Waals surface area (Å²) in [6.45, 7) is 4.40. The van der Waals surface area contributed by atoms with Gasteiger partial charge >= 0.3 is 0 Å². The number of nitrogens with two attached hydrogens (primary N) is 1. The Morgan fingerprint density at radius 3 is 2.69 bits per heavy atom. The van der Waals surface area contributed by atoms with Gasteiger partial charge < -0.3 is 15.2 Å². The molecule has 0 saturated carbocycles. The maximum Gasteiger partial charge on any atom is 0.232 e. The van der Waals surface area contributed by atoms with Crippen molar-refractivity contribution in [2.75, 3.05) is 19.8 Å². The average molecular weight is 225 g/mol. The minimum atomic E-state index is 0.396. The first-order valence-corrected chi connectivity index (χ1v) is 5.58. The van der Waals surface area contributed by atoms with Gasteiger partial charge in [-0.15, -0.1) is 0 Å². The maximum absolute atomic E-state index is 5.40. The molecule has 1 aromatic heterocycles. The lowest BCUT2D eigenvalue weighted by atomic mass is 10.4. The summed E-state index contributed by atoms with van der Waals surface area (Å²) in [7, 11) is 0. The number of ether oxygens (including phenoxy) is 2. The lowest BCUT2D eigenvalue weighted by molar-refractivity contribution is 0.0963. The van der Waals surface area contributed by atoms with Crippen LogP contribution in [0.2, 0.25) is 0 Å². The lowest BCUT2D eigenvalue weighted by Crippen LogP contribution is -2.09. The van der Waals surface area contributed by atoms with E-state index < -0.39 is 0 Å². The van der Waals surface area contributed by atoms with Crippen LogP contribution in [0.4, 0.5) is 0 Å². The second kappa shape index (κ2) is 8.01. The molecule has 0 aliphatic rings. The molecule has 1 aromatic rings. The average Bonchev–Trinajstić information content (AvgIpc) is 2.34. The first-order valence-electron chi connectivity index (χ1n) is 5.58. The summed E-state index contributed by atoms with van der Waals surface area (Å²) < 4.78 is 10.7. The molecule has 1 heterocycles. The monoisotopic (exact) mass is 225 g/mol. The van der Waals surface area contributed by atoms with Crippen LogP contribution in [0, 0.1) is 0 Å². The van der Waals surface area contributed by atoms with E-state index in [2.05, 4.69) is 16.9 Å². The lowest BCUT2D eigenvalue weighted by Gasteiger charge is -2.05. The first kappa shape index (κ1) is 12.9. The number of aromatic nitrogens is 2.